The third kappa shape index (κ3) is 7.13. The summed E-state index contributed by atoms with van der Waals surface area (Å²) in [6.07, 6.45) is -4.44. The largest absolute Gasteiger partial charge is 0.456 e. The van der Waals surface area contributed by atoms with Crippen molar-refractivity contribution in [2.24, 2.45) is 0 Å². The first-order valence-corrected chi connectivity index (χ1v) is 9.20. The van der Waals surface area contributed by atoms with Gasteiger partial charge in [0.2, 0.25) is 0 Å². The number of nitrogens with one attached hydrogen (secondary N) is 1. The summed E-state index contributed by atoms with van der Waals surface area (Å²) in [7, 11) is 0. The predicted octanol–water partition coefficient (Wildman–Crippen LogP) is 4.66. The third-order valence-electron chi connectivity index (χ3n) is 3.51. The first-order chi connectivity index (χ1) is 13.6. The van der Waals surface area contributed by atoms with Crippen molar-refractivity contribution in [3.05, 3.63) is 57.2 Å². The van der Waals surface area contributed by atoms with E-state index >= 15 is 0 Å². The van der Waals surface area contributed by atoms with E-state index in [1.54, 1.807) is 24.3 Å². The summed E-state index contributed by atoms with van der Waals surface area (Å²) in [6, 6.07) is 7.20. The van der Waals surface area contributed by atoms with Crippen LogP contribution in [0, 0.1) is 0 Å². The summed E-state index contributed by atoms with van der Waals surface area (Å²) >= 11 is 8.91. The predicted molar refractivity (Wildman–Crippen MR) is 102 cm³/mol. The topological polar surface area (TPSA) is 85.4 Å². The minimum Gasteiger partial charge on any atom is -0.456 e. The van der Waals surface area contributed by atoms with Crippen LogP contribution in [0.25, 0.3) is 0 Å². The van der Waals surface area contributed by atoms with Crippen molar-refractivity contribution in [3.8, 4) is 0 Å². The lowest BCUT2D eigenvalue weighted by atomic mass is 10.1. The van der Waals surface area contributed by atoms with Crippen LogP contribution in [0.2, 0.25) is 5.02 Å². The van der Waals surface area contributed by atoms with E-state index in [9.17, 15) is 27.6 Å². The molecule has 0 atom stereocenters. The molecule has 0 saturated carbocycles. The van der Waals surface area contributed by atoms with E-state index in [1.807, 2.05) is 0 Å². The fourth-order valence-corrected chi connectivity index (χ4v) is 2.54. The molecule has 1 aromatic carbocycles. The molecule has 1 aromatic heterocycles. The third-order valence-corrected chi connectivity index (χ3v) is 4.33. The number of Topliss-reactive ketones (excluding diaryl/α,β-unsaturated/α-hetero) is 1. The minimum absolute atomic E-state index is 0.103. The van der Waals surface area contributed by atoms with Gasteiger partial charge < -0.3 is 10.1 Å². The Labute approximate surface area is 176 Å². The Morgan fingerprint density at radius 3 is 2.38 bits per heavy atom. The molecule has 2 rings (SSSR count). The molecule has 154 valence electrons. The smallest absolute Gasteiger partial charge is 0.417 e. The molecule has 1 heterocycles. The van der Waals surface area contributed by atoms with E-state index in [2.05, 4.69) is 26.2 Å². The molecule has 0 unspecified atom stereocenters. The van der Waals surface area contributed by atoms with Crippen molar-refractivity contribution < 1.29 is 32.3 Å². The molecule has 0 saturated heterocycles. The molecule has 0 radical (unpaired) electrons. The van der Waals surface area contributed by atoms with Gasteiger partial charge in [0.25, 0.3) is 5.91 Å². The molecule has 29 heavy (non-hydrogen) atoms. The van der Waals surface area contributed by atoms with Gasteiger partial charge in [-0.15, -0.1) is 0 Å². The second kappa shape index (κ2) is 9.84. The number of benzene rings is 1. The van der Waals surface area contributed by atoms with E-state index in [0.29, 0.717) is 17.8 Å². The van der Waals surface area contributed by atoms with Crippen molar-refractivity contribution in [2.75, 3.05) is 11.9 Å². The second-order valence-electron chi connectivity index (χ2n) is 5.69. The van der Waals surface area contributed by atoms with Gasteiger partial charge in [0.15, 0.2) is 18.2 Å². The molecule has 1 amide bonds. The maximum absolute atomic E-state index is 12.6. The van der Waals surface area contributed by atoms with Crippen molar-refractivity contribution in [2.45, 2.75) is 19.0 Å². The van der Waals surface area contributed by atoms with Crippen LogP contribution in [0.3, 0.4) is 0 Å². The molecular formula is C18H13BrClF3N2O4. The lowest BCUT2D eigenvalue weighted by Crippen LogP contribution is -2.22. The van der Waals surface area contributed by atoms with Crippen LogP contribution >= 0.6 is 27.5 Å². The summed E-state index contributed by atoms with van der Waals surface area (Å²) in [4.78, 5) is 38.9. The number of alkyl halides is 3. The average molecular weight is 494 g/mol. The van der Waals surface area contributed by atoms with E-state index in [0.717, 1.165) is 4.47 Å². The molecule has 0 aliphatic carbocycles. The lowest BCUT2D eigenvalue weighted by Gasteiger charge is -2.10. The van der Waals surface area contributed by atoms with E-state index in [-0.39, 0.29) is 24.4 Å². The minimum atomic E-state index is -4.62. The number of ketones is 1. The van der Waals surface area contributed by atoms with Gasteiger partial charge in [0, 0.05) is 22.7 Å². The van der Waals surface area contributed by atoms with Crippen molar-refractivity contribution >= 4 is 51.0 Å². The molecule has 0 spiro atoms. The fraction of sp³-hybridized carbons (Fsp3) is 0.222. The van der Waals surface area contributed by atoms with Crippen LogP contribution in [-0.4, -0.2) is 29.3 Å². The van der Waals surface area contributed by atoms with E-state index in [1.165, 1.54) is 0 Å². The van der Waals surface area contributed by atoms with Gasteiger partial charge in [-0.1, -0.05) is 39.7 Å². The summed E-state index contributed by atoms with van der Waals surface area (Å²) < 4.78 is 43.2. The van der Waals surface area contributed by atoms with Gasteiger partial charge in [0.1, 0.15) is 0 Å². The van der Waals surface area contributed by atoms with Gasteiger partial charge in [-0.25, -0.2) is 4.98 Å². The normalized spacial score (nSPS) is 11.1. The molecule has 0 aliphatic heterocycles. The number of carbonyl (C=O) groups excluding carboxylic acids is 3. The number of pyridine rings is 1. The Kier molecular flexibility index (Phi) is 7.74. The van der Waals surface area contributed by atoms with Crippen molar-refractivity contribution in [1.29, 1.82) is 0 Å². The van der Waals surface area contributed by atoms with Crippen LogP contribution in [0.5, 0.6) is 0 Å². The number of ether oxygens (including phenoxy) is 1. The number of hydrogen-bond donors (Lipinski definition) is 1. The molecular weight excluding hydrogens is 481 g/mol. The highest BCUT2D eigenvalue weighted by Gasteiger charge is 2.31. The highest BCUT2D eigenvalue weighted by Crippen LogP contribution is 2.32. The number of esters is 1. The van der Waals surface area contributed by atoms with Crippen molar-refractivity contribution in [1.82, 2.24) is 4.98 Å². The molecule has 6 nitrogen and oxygen atoms in total. The van der Waals surface area contributed by atoms with Gasteiger partial charge in [-0.3, -0.25) is 14.4 Å². The van der Waals surface area contributed by atoms with Crippen LogP contribution < -0.4 is 5.32 Å². The quantitative estimate of drug-likeness (QED) is 0.448. The lowest BCUT2D eigenvalue weighted by molar-refractivity contribution is -0.147. The zero-order valence-electron chi connectivity index (χ0n) is 14.6. The Bertz CT molecular complexity index is 920. The summed E-state index contributed by atoms with van der Waals surface area (Å²) in [5.41, 5.74) is -0.635. The van der Waals surface area contributed by atoms with Crippen molar-refractivity contribution in [3.63, 3.8) is 0 Å². The number of hydrogen-bond acceptors (Lipinski definition) is 5. The first-order valence-electron chi connectivity index (χ1n) is 8.03. The maximum atomic E-state index is 12.6. The van der Waals surface area contributed by atoms with Crippen LogP contribution in [0.1, 0.15) is 28.8 Å². The van der Waals surface area contributed by atoms with Gasteiger partial charge in [0.05, 0.1) is 17.0 Å². The highest BCUT2D eigenvalue weighted by molar-refractivity contribution is 9.10. The monoisotopic (exact) mass is 492 g/mol. The maximum Gasteiger partial charge on any atom is 0.417 e. The number of rotatable bonds is 7. The SMILES string of the molecule is O=C(COC(=O)CCC(=O)c1ccc(Br)cc1)Nc1ncc(C(F)(F)F)cc1Cl. The van der Waals surface area contributed by atoms with Crippen LogP contribution in [0.15, 0.2) is 41.0 Å². The summed E-state index contributed by atoms with van der Waals surface area (Å²) in [5.74, 6) is -2.19. The number of halogens is 5. The van der Waals surface area contributed by atoms with Gasteiger partial charge >= 0.3 is 12.1 Å². The van der Waals surface area contributed by atoms with Crippen LogP contribution in [0.4, 0.5) is 19.0 Å². The zero-order chi connectivity index (χ0) is 21.6. The summed E-state index contributed by atoms with van der Waals surface area (Å²) in [6.45, 7) is -0.704. The summed E-state index contributed by atoms with van der Waals surface area (Å²) in [5, 5.41) is 1.73. The zero-order valence-corrected chi connectivity index (χ0v) is 16.9. The van der Waals surface area contributed by atoms with E-state index < -0.39 is 35.2 Å². The number of nitrogens with zero attached hydrogens (tertiary/aromatic N) is 1. The Balaban J connectivity index is 1.79. The van der Waals surface area contributed by atoms with E-state index in [4.69, 9.17) is 16.3 Å². The molecule has 2 aromatic rings. The second-order valence-corrected chi connectivity index (χ2v) is 7.01. The standard InChI is InChI=1S/C18H13BrClF3N2O4/c19-12-3-1-10(2-4-12)14(26)5-6-16(28)29-9-15(27)25-17-13(20)7-11(8-24-17)18(21,22)23/h1-4,7-8H,5-6,9H2,(H,24,25,27). The Hall–Kier alpha value is -2.46. The molecule has 11 heteroatoms. The Morgan fingerprint density at radius 2 is 1.79 bits per heavy atom. The number of amides is 1. The molecule has 0 bridgehead atoms. The molecule has 0 aliphatic rings. The number of anilines is 1. The average Bonchev–Trinajstić information content (AvgIpc) is 2.65. The molecule has 1 N–H and O–H groups in total. The number of carbonyl (C=O) groups is 3. The highest BCUT2D eigenvalue weighted by atomic mass is 79.9. The Morgan fingerprint density at radius 1 is 1.14 bits per heavy atom. The van der Waals surface area contributed by atoms with Gasteiger partial charge in [-0.05, 0) is 18.2 Å². The molecule has 0 fully saturated rings. The number of aromatic nitrogens is 1. The first kappa shape index (κ1) is 22.8. The van der Waals surface area contributed by atoms with Crippen LogP contribution in [-0.2, 0) is 20.5 Å². The fourth-order valence-electron chi connectivity index (χ4n) is 2.07. The van der Waals surface area contributed by atoms with Gasteiger partial charge in [-0.2, -0.15) is 13.2 Å².